The van der Waals surface area contributed by atoms with Crippen LogP contribution >= 0.6 is 0 Å². The number of rotatable bonds is 4. The number of para-hydroxylation sites is 1. The van der Waals surface area contributed by atoms with Crippen LogP contribution in [-0.2, 0) is 15.3 Å². The second-order valence-electron chi connectivity index (χ2n) is 7.11. The highest BCUT2D eigenvalue weighted by Gasteiger charge is 2.67. The van der Waals surface area contributed by atoms with Crippen molar-refractivity contribution in [3.8, 4) is 11.5 Å². The van der Waals surface area contributed by atoms with Gasteiger partial charge in [-0.2, -0.15) is 0 Å². The van der Waals surface area contributed by atoms with Gasteiger partial charge in [-0.1, -0.05) is 60.7 Å². The highest BCUT2D eigenvalue weighted by Crippen LogP contribution is 2.54. The first-order valence-corrected chi connectivity index (χ1v) is 9.46. The van der Waals surface area contributed by atoms with E-state index < -0.39 is 23.3 Å². The molecule has 6 nitrogen and oxygen atoms in total. The van der Waals surface area contributed by atoms with Gasteiger partial charge in [-0.05, 0) is 23.8 Å². The quantitative estimate of drug-likeness (QED) is 0.648. The maximum Gasteiger partial charge on any atom is 0.346 e. The Balaban J connectivity index is 2.02. The predicted molar refractivity (Wildman–Crippen MR) is 109 cm³/mol. The van der Waals surface area contributed by atoms with Crippen LogP contribution in [0.2, 0.25) is 0 Å². The zero-order valence-electron chi connectivity index (χ0n) is 16.6. The van der Waals surface area contributed by atoms with E-state index in [0.717, 1.165) is 7.11 Å². The van der Waals surface area contributed by atoms with E-state index >= 15 is 0 Å². The SMILES string of the molecule is COC(=O)[C@]1(O)[C@@H](c2ccc(OC)cc2)c2ccccc2O[C@@]1(O)c1ccccc1. The van der Waals surface area contributed by atoms with Gasteiger partial charge in [0.15, 0.2) is 0 Å². The third-order valence-corrected chi connectivity index (χ3v) is 5.53. The summed E-state index contributed by atoms with van der Waals surface area (Å²) in [6.45, 7) is 0. The molecule has 1 heterocycles. The Bertz CT molecular complexity index is 1050. The number of fused-ring (bicyclic) bond motifs is 1. The second kappa shape index (κ2) is 7.48. The van der Waals surface area contributed by atoms with Crippen molar-refractivity contribution >= 4 is 5.97 Å². The van der Waals surface area contributed by atoms with Gasteiger partial charge in [0.1, 0.15) is 11.5 Å². The second-order valence-corrected chi connectivity index (χ2v) is 7.11. The fraction of sp³-hybridized carbons (Fsp3) is 0.208. The lowest BCUT2D eigenvalue weighted by Crippen LogP contribution is -2.66. The molecule has 0 unspecified atom stereocenters. The molecule has 1 aliphatic rings. The van der Waals surface area contributed by atoms with Crippen molar-refractivity contribution in [2.45, 2.75) is 17.3 Å². The van der Waals surface area contributed by atoms with Crippen molar-refractivity contribution in [2.24, 2.45) is 0 Å². The summed E-state index contributed by atoms with van der Waals surface area (Å²) in [5.41, 5.74) is -1.10. The number of carbonyl (C=O) groups excluding carboxylic acids is 1. The summed E-state index contributed by atoms with van der Waals surface area (Å²) in [5.74, 6) is -3.38. The number of esters is 1. The van der Waals surface area contributed by atoms with Gasteiger partial charge < -0.3 is 24.4 Å². The lowest BCUT2D eigenvalue weighted by atomic mass is 9.68. The van der Waals surface area contributed by atoms with Gasteiger partial charge in [-0.3, -0.25) is 0 Å². The molecule has 6 heteroatoms. The highest BCUT2D eigenvalue weighted by atomic mass is 16.7. The van der Waals surface area contributed by atoms with Crippen LogP contribution in [0.25, 0.3) is 0 Å². The molecule has 0 fully saturated rings. The zero-order valence-corrected chi connectivity index (χ0v) is 16.6. The maximum atomic E-state index is 13.1. The van der Waals surface area contributed by atoms with Gasteiger partial charge in [-0.25, -0.2) is 4.79 Å². The summed E-state index contributed by atoms with van der Waals surface area (Å²) in [5, 5.41) is 23.7. The van der Waals surface area contributed by atoms with Crippen LogP contribution in [0.3, 0.4) is 0 Å². The zero-order chi connectivity index (χ0) is 21.4. The van der Waals surface area contributed by atoms with Crippen molar-refractivity contribution in [1.82, 2.24) is 0 Å². The van der Waals surface area contributed by atoms with Crippen LogP contribution in [0, 0.1) is 0 Å². The summed E-state index contributed by atoms with van der Waals surface area (Å²) in [6.07, 6.45) is 0. The normalized spacial score (nSPS) is 25.0. The Labute approximate surface area is 174 Å². The van der Waals surface area contributed by atoms with Gasteiger partial charge in [0.25, 0.3) is 5.79 Å². The number of ether oxygens (including phenoxy) is 3. The molecule has 3 atom stereocenters. The van der Waals surface area contributed by atoms with E-state index in [1.54, 1.807) is 86.0 Å². The van der Waals surface area contributed by atoms with Crippen molar-refractivity contribution in [3.63, 3.8) is 0 Å². The summed E-state index contributed by atoms with van der Waals surface area (Å²) in [7, 11) is 2.72. The summed E-state index contributed by atoms with van der Waals surface area (Å²) in [6, 6.07) is 22.3. The van der Waals surface area contributed by atoms with Crippen molar-refractivity contribution < 1.29 is 29.2 Å². The Kier molecular flexibility index (Phi) is 4.97. The Hall–Kier alpha value is -3.35. The summed E-state index contributed by atoms with van der Waals surface area (Å²) >= 11 is 0. The fourth-order valence-corrected chi connectivity index (χ4v) is 4.04. The van der Waals surface area contributed by atoms with Crippen LogP contribution in [0.1, 0.15) is 22.6 Å². The van der Waals surface area contributed by atoms with Crippen molar-refractivity contribution in [1.29, 1.82) is 0 Å². The first-order valence-electron chi connectivity index (χ1n) is 9.46. The topological polar surface area (TPSA) is 85.2 Å². The molecule has 3 aromatic rings. The smallest absolute Gasteiger partial charge is 0.346 e. The van der Waals surface area contributed by atoms with Crippen molar-refractivity contribution in [2.75, 3.05) is 14.2 Å². The van der Waals surface area contributed by atoms with Gasteiger partial charge in [0.05, 0.1) is 20.1 Å². The lowest BCUT2D eigenvalue weighted by molar-refractivity contribution is -0.280. The first-order chi connectivity index (χ1) is 14.5. The van der Waals surface area contributed by atoms with E-state index in [4.69, 9.17) is 14.2 Å². The number of hydrogen-bond donors (Lipinski definition) is 2. The number of carbonyl (C=O) groups is 1. The molecule has 0 aliphatic carbocycles. The van der Waals surface area contributed by atoms with Crippen LogP contribution in [-0.4, -0.2) is 36.0 Å². The average Bonchev–Trinajstić information content (AvgIpc) is 2.80. The number of benzene rings is 3. The standard InChI is InChI=1S/C24H22O6/c1-28-18-14-12-16(13-15-18)21-19-10-6-7-11-20(19)30-24(27,17-8-4-3-5-9-17)23(21,26)22(25)29-2/h3-15,21,26-27H,1-2H3/t21-,23+,24-/m0/s1. The lowest BCUT2D eigenvalue weighted by Gasteiger charge is -2.49. The maximum absolute atomic E-state index is 13.1. The molecule has 0 radical (unpaired) electrons. The molecule has 0 saturated carbocycles. The van der Waals surface area contributed by atoms with E-state index in [-0.39, 0.29) is 5.56 Å². The van der Waals surface area contributed by atoms with Gasteiger partial charge in [-0.15, -0.1) is 0 Å². The molecule has 2 N–H and O–H groups in total. The first kappa shape index (κ1) is 19.9. The Morgan fingerprint density at radius 2 is 1.53 bits per heavy atom. The molecule has 0 aromatic heterocycles. The van der Waals surface area contributed by atoms with Gasteiger partial charge >= 0.3 is 5.97 Å². The minimum Gasteiger partial charge on any atom is -0.497 e. The van der Waals surface area contributed by atoms with E-state index in [1.807, 2.05) is 0 Å². The molecular weight excluding hydrogens is 384 g/mol. The largest absolute Gasteiger partial charge is 0.497 e. The Morgan fingerprint density at radius 3 is 2.17 bits per heavy atom. The van der Waals surface area contributed by atoms with E-state index in [1.165, 1.54) is 0 Å². The van der Waals surface area contributed by atoms with Crippen LogP contribution in [0.4, 0.5) is 0 Å². The average molecular weight is 406 g/mol. The molecule has 1 aliphatic heterocycles. The number of hydrogen-bond acceptors (Lipinski definition) is 6. The molecule has 0 bridgehead atoms. The van der Waals surface area contributed by atoms with E-state index in [0.29, 0.717) is 22.6 Å². The van der Waals surface area contributed by atoms with Gasteiger partial charge in [0.2, 0.25) is 5.60 Å². The number of aliphatic hydroxyl groups is 2. The summed E-state index contributed by atoms with van der Waals surface area (Å²) < 4.78 is 16.1. The molecule has 4 rings (SSSR count). The Morgan fingerprint density at radius 1 is 0.900 bits per heavy atom. The summed E-state index contributed by atoms with van der Waals surface area (Å²) in [4.78, 5) is 13.1. The van der Waals surface area contributed by atoms with E-state index in [2.05, 4.69) is 0 Å². The minimum absolute atomic E-state index is 0.228. The van der Waals surface area contributed by atoms with Crippen LogP contribution in [0.15, 0.2) is 78.9 Å². The van der Waals surface area contributed by atoms with Crippen LogP contribution < -0.4 is 9.47 Å². The van der Waals surface area contributed by atoms with Crippen LogP contribution in [0.5, 0.6) is 11.5 Å². The third kappa shape index (κ3) is 2.84. The highest BCUT2D eigenvalue weighted by molar-refractivity contribution is 5.84. The number of methoxy groups -OCH3 is 2. The minimum atomic E-state index is -2.47. The molecule has 154 valence electrons. The monoisotopic (exact) mass is 406 g/mol. The molecule has 0 spiro atoms. The molecular formula is C24H22O6. The van der Waals surface area contributed by atoms with Gasteiger partial charge in [0, 0.05) is 11.1 Å². The molecule has 30 heavy (non-hydrogen) atoms. The third-order valence-electron chi connectivity index (χ3n) is 5.53. The fourth-order valence-electron chi connectivity index (χ4n) is 4.04. The van der Waals surface area contributed by atoms with Crippen molar-refractivity contribution in [3.05, 3.63) is 95.6 Å². The molecule has 0 saturated heterocycles. The predicted octanol–water partition coefficient (Wildman–Crippen LogP) is 2.97. The molecule has 0 amide bonds. The van der Waals surface area contributed by atoms with E-state index in [9.17, 15) is 15.0 Å². The molecule has 3 aromatic carbocycles.